The highest BCUT2D eigenvalue weighted by Crippen LogP contribution is 2.24. The number of aryl methyl sites for hydroxylation is 1. The summed E-state index contributed by atoms with van der Waals surface area (Å²) in [5.41, 5.74) is 1.18. The molecule has 2 rings (SSSR count). The van der Waals surface area contributed by atoms with Crippen LogP contribution < -0.4 is 4.74 Å². The molecule has 0 aliphatic heterocycles. The van der Waals surface area contributed by atoms with Gasteiger partial charge in [0, 0.05) is 19.1 Å². The smallest absolute Gasteiger partial charge is 0.122 e. The number of para-hydroxylation sites is 1. The number of ether oxygens (including phenoxy) is 1. The van der Waals surface area contributed by atoms with Crippen LogP contribution in [0.5, 0.6) is 5.75 Å². The van der Waals surface area contributed by atoms with Crippen LogP contribution in [0.15, 0.2) is 24.3 Å². The van der Waals surface area contributed by atoms with E-state index in [9.17, 15) is 0 Å². The second-order valence-corrected chi connectivity index (χ2v) is 4.96. The predicted molar refractivity (Wildman–Crippen MR) is 73.0 cm³/mol. The van der Waals surface area contributed by atoms with E-state index in [4.69, 9.17) is 9.84 Å². The highest BCUT2D eigenvalue weighted by Gasteiger charge is 2.24. The van der Waals surface area contributed by atoms with Gasteiger partial charge in [-0.25, -0.2) is 0 Å². The highest BCUT2D eigenvalue weighted by atomic mass is 16.5. The van der Waals surface area contributed by atoms with Crippen molar-refractivity contribution >= 4 is 0 Å². The van der Waals surface area contributed by atoms with Crippen molar-refractivity contribution in [2.24, 2.45) is 0 Å². The van der Waals surface area contributed by atoms with E-state index in [2.05, 4.69) is 17.9 Å². The largest absolute Gasteiger partial charge is 0.492 e. The number of nitrogens with zero attached hydrogens (tertiary/aromatic N) is 1. The van der Waals surface area contributed by atoms with Crippen molar-refractivity contribution < 1.29 is 9.84 Å². The maximum atomic E-state index is 9.08. The predicted octanol–water partition coefficient (Wildman–Crippen LogP) is 2.22. The summed E-state index contributed by atoms with van der Waals surface area (Å²) in [6.07, 6.45) is 3.86. The minimum Gasteiger partial charge on any atom is -0.492 e. The molecule has 0 aromatic heterocycles. The quantitative estimate of drug-likeness (QED) is 0.804. The first kappa shape index (κ1) is 13.4. The third-order valence-electron chi connectivity index (χ3n) is 3.71. The van der Waals surface area contributed by atoms with Gasteiger partial charge in [-0.1, -0.05) is 24.6 Å². The lowest BCUT2D eigenvalue weighted by molar-refractivity contribution is 0.0859. The van der Waals surface area contributed by atoms with Gasteiger partial charge in [-0.05, 0) is 31.4 Å². The average Bonchev–Trinajstić information content (AvgIpc) is 2.29. The lowest BCUT2D eigenvalue weighted by Crippen LogP contribution is -2.43. The average molecular weight is 249 g/mol. The summed E-state index contributed by atoms with van der Waals surface area (Å²) in [4.78, 5) is 2.35. The minimum absolute atomic E-state index is 0.237. The van der Waals surface area contributed by atoms with Crippen molar-refractivity contribution in [3.63, 3.8) is 0 Å². The van der Waals surface area contributed by atoms with Crippen molar-refractivity contribution in [2.75, 3.05) is 26.3 Å². The molecule has 3 nitrogen and oxygen atoms in total. The summed E-state index contributed by atoms with van der Waals surface area (Å²) in [7, 11) is 0. The van der Waals surface area contributed by atoms with Gasteiger partial charge in [-0.2, -0.15) is 0 Å². The normalized spacial score (nSPS) is 15.7. The Labute approximate surface area is 109 Å². The Bertz CT molecular complexity index is 363. The molecule has 0 saturated heterocycles. The maximum absolute atomic E-state index is 9.08. The molecule has 18 heavy (non-hydrogen) atoms. The lowest BCUT2D eigenvalue weighted by Gasteiger charge is -2.37. The van der Waals surface area contributed by atoms with E-state index in [0.29, 0.717) is 12.6 Å². The fourth-order valence-electron chi connectivity index (χ4n) is 2.35. The van der Waals surface area contributed by atoms with E-state index >= 15 is 0 Å². The van der Waals surface area contributed by atoms with Crippen molar-refractivity contribution in [1.29, 1.82) is 0 Å². The first-order valence-corrected chi connectivity index (χ1v) is 6.84. The minimum atomic E-state index is 0.237. The summed E-state index contributed by atoms with van der Waals surface area (Å²) in [6.45, 7) is 4.66. The van der Waals surface area contributed by atoms with Crippen LogP contribution in [0.2, 0.25) is 0 Å². The van der Waals surface area contributed by atoms with Crippen LogP contribution in [-0.2, 0) is 0 Å². The second kappa shape index (κ2) is 6.76. The van der Waals surface area contributed by atoms with Crippen molar-refractivity contribution in [1.82, 2.24) is 4.90 Å². The van der Waals surface area contributed by atoms with Gasteiger partial charge in [-0.15, -0.1) is 0 Å². The zero-order chi connectivity index (χ0) is 12.8. The van der Waals surface area contributed by atoms with Crippen LogP contribution in [0.4, 0.5) is 0 Å². The zero-order valence-electron chi connectivity index (χ0n) is 11.1. The first-order valence-electron chi connectivity index (χ1n) is 6.84. The number of aliphatic hydroxyl groups is 1. The molecule has 100 valence electrons. The fraction of sp³-hybridized carbons (Fsp3) is 0.600. The highest BCUT2D eigenvalue weighted by molar-refractivity contribution is 5.31. The molecule has 1 fully saturated rings. The van der Waals surface area contributed by atoms with E-state index in [0.717, 1.165) is 18.8 Å². The molecule has 0 amide bonds. The first-order chi connectivity index (χ1) is 8.81. The molecule has 0 unspecified atom stereocenters. The number of benzene rings is 1. The van der Waals surface area contributed by atoms with Gasteiger partial charge < -0.3 is 9.84 Å². The fourth-order valence-corrected chi connectivity index (χ4v) is 2.35. The van der Waals surface area contributed by atoms with Crippen LogP contribution in [0.3, 0.4) is 0 Å². The molecule has 1 aromatic carbocycles. The van der Waals surface area contributed by atoms with Gasteiger partial charge >= 0.3 is 0 Å². The SMILES string of the molecule is Cc1ccccc1OCCN(CCO)C1CCC1. The van der Waals surface area contributed by atoms with Gasteiger partial charge in [0.2, 0.25) is 0 Å². The molecule has 3 heteroatoms. The third kappa shape index (κ3) is 3.47. The lowest BCUT2D eigenvalue weighted by atomic mass is 9.91. The number of rotatable bonds is 7. The molecule has 1 N–H and O–H groups in total. The number of aliphatic hydroxyl groups excluding tert-OH is 1. The summed E-state index contributed by atoms with van der Waals surface area (Å²) in [5.74, 6) is 0.968. The molecule has 0 heterocycles. The molecule has 1 aliphatic rings. The maximum Gasteiger partial charge on any atom is 0.122 e. The molecule has 0 bridgehead atoms. The van der Waals surface area contributed by atoms with Crippen molar-refractivity contribution in [3.8, 4) is 5.75 Å². The standard InChI is InChI=1S/C15H23NO2/c1-13-5-2-3-8-15(13)18-12-10-16(9-11-17)14-6-4-7-14/h2-3,5,8,14,17H,4,6-7,9-12H2,1H3. The zero-order valence-corrected chi connectivity index (χ0v) is 11.1. The monoisotopic (exact) mass is 249 g/mol. The molecule has 0 radical (unpaired) electrons. The summed E-state index contributed by atoms with van der Waals surface area (Å²) < 4.78 is 5.81. The molecule has 0 spiro atoms. The van der Waals surface area contributed by atoms with E-state index in [1.165, 1.54) is 24.8 Å². The molecular formula is C15H23NO2. The third-order valence-corrected chi connectivity index (χ3v) is 3.71. The summed E-state index contributed by atoms with van der Waals surface area (Å²) in [6, 6.07) is 8.76. The molecule has 1 saturated carbocycles. The molecule has 0 atom stereocenters. The van der Waals surface area contributed by atoms with E-state index in [1.54, 1.807) is 0 Å². The van der Waals surface area contributed by atoms with E-state index < -0.39 is 0 Å². The van der Waals surface area contributed by atoms with E-state index in [-0.39, 0.29) is 6.61 Å². The Morgan fingerprint density at radius 1 is 1.28 bits per heavy atom. The van der Waals surface area contributed by atoms with E-state index in [1.807, 2.05) is 18.2 Å². The Balaban J connectivity index is 1.77. The number of hydrogen-bond donors (Lipinski definition) is 1. The van der Waals surface area contributed by atoms with Crippen LogP contribution >= 0.6 is 0 Å². The molecular weight excluding hydrogens is 226 g/mol. The van der Waals surface area contributed by atoms with Gasteiger partial charge in [0.1, 0.15) is 12.4 Å². The molecule has 1 aliphatic carbocycles. The number of hydrogen-bond acceptors (Lipinski definition) is 3. The second-order valence-electron chi connectivity index (χ2n) is 4.96. The molecule has 1 aromatic rings. The van der Waals surface area contributed by atoms with Crippen LogP contribution in [0, 0.1) is 6.92 Å². The van der Waals surface area contributed by atoms with Crippen LogP contribution in [0.1, 0.15) is 24.8 Å². The van der Waals surface area contributed by atoms with Crippen molar-refractivity contribution in [2.45, 2.75) is 32.2 Å². The van der Waals surface area contributed by atoms with Crippen LogP contribution in [0.25, 0.3) is 0 Å². The van der Waals surface area contributed by atoms with Gasteiger partial charge in [-0.3, -0.25) is 4.90 Å². The van der Waals surface area contributed by atoms with Gasteiger partial charge in [0.25, 0.3) is 0 Å². The summed E-state index contributed by atoms with van der Waals surface area (Å²) >= 11 is 0. The van der Waals surface area contributed by atoms with Gasteiger partial charge in [0.05, 0.1) is 6.61 Å². The summed E-state index contributed by atoms with van der Waals surface area (Å²) in [5, 5.41) is 9.08. The van der Waals surface area contributed by atoms with Crippen LogP contribution in [-0.4, -0.2) is 42.4 Å². The van der Waals surface area contributed by atoms with Gasteiger partial charge in [0.15, 0.2) is 0 Å². The Hall–Kier alpha value is -1.06. The Kier molecular flexibility index (Phi) is 5.02. The Morgan fingerprint density at radius 3 is 2.67 bits per heavy atom. The van der Waals surface area contributed by atoms with Crippen molar-refractivity contribution in [3.05, 3.63) is 29.8 Å². The topological polar surface area (TPSA) is 32.7 Å². The Morgan fingerprint density at radius 2 is 2.06 bits per heavy atom.